The van der Waals surface area contributed by atoms with Gasteiger partial charge in [0.25, 0.3) is 5.82 Å². The molecule has 168 valence electrons. The number of quaternary nitrogens is 1. The molecule has 0 aliphatic rings. The predicted molar refractivity (Wildman–Crippen MR) is 111 cm³/mol. The van der Waals surface area contributed by atoms with Crippen LogP contribution in [0, 0.1) is 0 Å². The molecule has 0 unspecified atom stereocenters. The number of para-hydroxylation sites is 2. The van der Waals surface area contributed by atoms with Crippen LogP contribution in [0.2, 0.25) is 0 Å². The molecular weight excluding hydrogens is 713 g/mol. The second-order valence-electron chi connectivity index (χ2n) is 7.87. The molecule has 0 N–H and O–H groups in total. The fourth-order valence-corrected chi connectivity index (χ4v) is 3.95. The van der Waals surface area contributed by atoms with Crippen molar-refractivity contribution >= 4 is 11.0 Å². The second-order valence-corrected chi connectivity index (χ2v) is 7.87. The Morgan fingerprint density at radius 3 is 2.17 bits per heavy atom. The van der Waals surface area contributed by atoms with Crippen molar-refractivity contribution in [3.63, 3.8) is 0 Å². The number of nitrogens with zero attached hydrogens (tertiary/aromatic N) is 4. The van der Waals surface area contributed by atoms with Crippen LogP contribution in [0.3, 0.4) is 0 Å². The lowest BCUT2D eigenvalue weighted by Gasteiger charge is -2.31. The molecule has 0 bridgehead atoms. The highest BCUT2D eigenvalue weighted by Gasteiger charge is 2.27. The lowest BCUT2D eigenvalue weighted by atomic mass is 10.1. The number of halogens is 3. The first kappa shape index (κ1) is 30.0. The van der Waals surface area contributed by atoms with Crippen molar-refractivity contribution in [3.05, 3.63) is 48.3 Å². The summed E-state index contributed by atoms with van der Waals surface area (Å²) in [6.45, 7) is 11.3. The van der Waals surface area contributed by atoms with Crippen LogP contribution in [0.4, 0.5) is 0 Å². The van der Waals surface area contributed by atoms with Crippen molar-refractivity contribution in [1.82, 2.24) is 4.57 Å². The Morgan fingerprint density at radius 2 is 1.57 bits per heavy atom. The summed E-state index contributed by atoms with van der Waals surface area (Å²) in [5, 5.41) is 0. The average molecular weight is 748 g/mol. The highest BCUT2D eigenvalue weighted by molar-refractivity contribution is 5.76. The monoisotopic (exact) mass is 748 g/mol. The molecule has 2 heterocycles. The van der Waals surface area contributed by atoms with Gasteiger partial charge in [0.15, 0.2) is 22.9 Å². The molecule has 3 rings (SSSR count). The summed E-state index contributed by atoms with van der Waals surface area (Å²) in [5.74, 6) is 1.30. The smallest absolute Gasteiger partial charge is 0.290 e. The third-order valence-corrected chi connectivity index (χ3v) is 6.37. The van der Waals surface area contributed by atoms with Crippen LogP contribution in [0.25, 0.3) is 22.4 Å². The summed E-state index contributed by atoms with van der Waals surface area (Å²) >= 11 is 0. The molecule has 0 aliphatic carbocycles. The van der Waals surface area contributed by atoms with Gasteiger partial charge >= 0.3 is 0 Å². The van der Waals surface area contributed by atoms with Crippen molar-refractivity contribution in [2.75, 3.05) is 26.7 Å². The molecular formula is C23H35I3N4. The molecule has 0 aliphatic heterocycles. The van der Waals surface area contributed by atoms with Crippen LogP contribution < -0.4 is 81.1 Å². The molecule has 7 heteroatoms. The van der Waals surface area contributed by atoms with Gasteiger partial charge in [-0.3, -0.25) is 0 Å². The third kappa shape index (κ3) is 6.06. The quantitative estimate of drug-likeness (QED) is 0.130. The van der Waals surface area contributed by atoms with Gasteiger partial charge in [0, 0.05) is 18.6 Å². The van der Waals surface area contributed by atoms with Gasteiger partial charge in [0.2, 0.25) is 0 Å². The van der Waals surface area contributed by atoms with Crippen molar-refractivity contribution in [2.24, 2.45) is 14.1 Å². The maximum atomic E-state index is 2.52. The molecule has 0 spiro atoms. The van der Waals surface area contributed by atoms with Gasteiger partial charge in [0.1, 0.15) is 20.1 Å². The molecule has 30 heavy (non-hydrogen) atoms. The molecule has 2 aromatic heterocycles. The maximum Gasteiger partial charge on any atom is 0.290 e. The minimum Gasteiger partial charge on any atom is -1.00 e. The molecule has 1 aromatic carbocycles. The molecule has 3 aromatic rings. The third-order valence-electron chi connectivity index (χ3n) is 6.37. The van der Waals surface area contributed by atoms with Crippen molar-refractivity contribution in [2.45, 2.75) is 33.7 Å². The Morgan fingerprint density at radius 1 is 0.933 bits per heavy atom. The number of rotatable bonds is 7. The van der Waals surface area contributed by atoms with E-state index >= 15 is 0 Å². The van der Waals surface area contributed by atoms with E-state index in [1.807, 2.05) is 0 Å². The van der Waals surface area contributed by atoms with E-state index in [2.05, 4.69) is 98.2 Å². The Hall–Kier alpha value is -0.01000. The van der Waals surface area contributed by atoms with E-state index in [0.717, 1.165) is 37.1 Å². The first-order chi connectivity index (χ1) is 12.9. The Kier molecular flexibility index (Phi) is 12.9. The maximum absolute atomic E-state index is 2.52. The minimum atomic E-state index is 0. The minimum absolute atomic E-state index is 0. The van der Waals surface area contributed by atoms with E-state index in [-0.39, 0.29) is 71.9 Å². The molecule has 4 nitrogen and oxygen atoms in total. The number of pyridine rings is 1. The Bertz CT molecular complexity index is 949. The van der Waals surface area contributed by atoms with Crippen LogP contribution >= 0.6 is 0 Å². The average Bonchev–Trinajstić information content (AvgIpc) is 2.99. The number of aryl methyl sites for hydroxylation is 3. The van der Waals surface area contributed by atoms with Crippen molar-refractivity contribution in [3.8, 4) is 11.4 Å². The standard InChI is InChI=1S/C23H35N4.3HI/c1-7-20-18-19(14-15-24(20)4)23-25(5)21-12-10-11-13-22(21)26(23)16-17-27(6,8-2)9-3;;;/h10-15,18H,7-9,16-17H2,1-6H3;3*1H/q+3;;;/p-3. The zero-order chi connectivity index (χ0) is 19.6. The number of fused-ring (bicyclic) bond motifs is 1. The first-order valence-electron chi connectivity index (χ1n) is 10.2. The zero-order valence-corrected chi connectivity index (χ0v) is 25.5. The summed E-state index contributed by atoms with van der Waals surface area (Å²) in [6, 6.07) is 13.4. The van der Waals surface area contributed by atoms with Gasteiger partial charge in [-0.05, 0) is 26.0 Å². The number of benzene rings is 1. The van der Waals surface area contributed by atoms with Crippen molar-refractivity contribution in [1.29, 1.82) is 0 Å². The normalized spacial score (nSPS) is 10.9. The van der Waals surface area contributed by atoms with Gasteiger partial charge in [-0.2, -0.15) is 0 Å². The van der Waals surface area contributed by atoms with Crippen molar-refractivity contribution < 1.29 is 85.5 Å². The molecule has 0 atom stereocenters. The fourth-order valence-electron chi connectivity index (χ4n) is 3.95. The SMILES string of the molecule is CCc1cc(-c2n(CC[N+](C)(CC)CC)c3ccccc3[n+]2C)cc[n+]1C.[I-].[I-].[I-]. The van der Waals surface area contributed by atoms with Gasteiger partial charge in [-0.1, -0.05) is 19.1 Å². The number of hydrogen-bond donors (Lipinski definition) is 0. The first-order valence-corrected chi connectivity index (χ1v) is 10.2. The topological polar surface area (TPSA) is 12.7 Å². The lowest BCUT2D eigenvalue weighted by Crippen LogP contribution is -3.00. The van der Waals surface area contributed by atoms with Crippen LogP contribution in [-0.2, 0) is 27.1 Å². The Balaban J connectivity index is 0.00000280. The van der Waals surface area contributed by atoms with Crippen LogP contribution in [0.1, 0.15) is 26.5 Å². The van der Waals surface area contributed by atoms with E-state index in [0.29, 0.717) is 0 Å². The number of hydrogen-bond acceptors (Lipinski definition) is 0. The number of aromatic nitrogens is 3. The van der Waals surface area contributed by atoms with Gasteiger partial charge < -0.3 is 76.4 Å². The number of likely N-dealkylation sites (N-methyl/N-ethyl adjacent to an activating group) is 1. The highest BCUT2D eigenvalue weighted by atomic mass is 127. The lowest BCUT2D eigenvalue weighted by molar-refractivity contribution is -0.906. The summed E-state index contributed by atoms with van der Waals surface area (Å²) in [6.07, 6.45) is 3.23. The molecule has 0 saturated heterocycles. The van der Waals surface area contributed by atoms with Gasteiger partial charge in [-0.15, -0.1) is 0 Å². The highest BCUT2D eigenvalue weighted by Crippen LogP contribution is 2.23. The van der Waals surface area contributed by atoms with Crippen LogP contribution in [0.5, 0.6) is 0 Å². The summed E-state index contributed by atoms with van der Waals surface area (Å²) in [5.41, 5.74) is 5.26. The van der Waals surface area contributed by atoms with Gasteiger partial charge in [0.05, 0.1) is 32.7 Å². The molecule has 0 amide bonds. The Labute approximate surface area is 233 Å². The van der Waals surface area contributed by atoms with Crippen LogP contribution in [-0.4, -0.2) is 35.7 Å². The molecule has 0 radical (unpaired) electrons. The summed E-state index contributed by atoms with van der Waals surface area (Å²) < 4.78 is 8.19. The largest absolute Gasteiger partial charge is 1.00 e. The van der Waals surface area contributed by atoms with E-state index in [9.17, 15) is 0 Å². The van der Waals surface area contributed by atoms with Gasteiger partial charge in [-0.25, -0.2) is 13.7 Å². The second kappa shape index (κ2) is 12.9. The van der Waals surface area contributed by atoms with E-state index in [1.54, 1.807) is 0 Å². The fraction of sp³-hybridized carbons (Fsp3) is 0.478. The molecule has 0 saturated carbocycles. The van der Waals surface area contributed by atoms with E-state index in [1.165, 1.54) is 28.1 Å². The summed E-state index contributed by atoms with van der Waals surface area (Å²) in [7, 11) is 6.69. The van der Waals surface area contributed by atoms with E-state index < -0.39 is 0 Å². The number of imidazole rings is 1. The summed E-state index contributed by atoms with van der Waals surface area (Å²) in [4.78, 5) is 0. The predicted octanol–water partition coefficient (Wildman–Crippen LogP) is -5.98. The zero-order valence-electron chi connectivity index (χ0n) is 19.0. The van der Waals surface area contributed by atoms with E-state index in [4.69, 9.17) is 0 Å². The molecule has 0 fully saturated rings. The van der Waals surface area contributed by atoms with Crippen LogP contribution in [0.15, 0.2) is 42.6 Å².